The van der Waals surface area contributed by atoms with E-state index < -0.39 is 39.9 Å². The fraction of sp³-hybridized carbons (Fsp3) is 0.545. The van der Waals surface area contributed by atoms with E-state index in [1.54, 1.807) is 13.0 Å². The Kier molecular flexibility index (Phi) is 7.31. The highest BCUT2D eigenvalue weighted by Crippen LogP contribution is 2.25. The van der Waals surface area contributed by atoms with Crippen LogP contribution in [0.4, 0.5) is 4.39 Å². The second kappa shape index (κ2) is 10.1. The Morgan fingerprint density at radius 3 is 2.66 bits per heavy atom. The molecule has 3 aliphatic heterocycles. The van der Waals surface area contributed by atoms with E-state index in [1.165, 1.54) is 28.4 Å². The number of amides is 2. The van der Waals surface area contributed by atoms with Crippen molar-refractivity contribution in [2.75, 3.05) is 39.9 Å². The highest BCUT2D eigenvalue weighted by Gasteiger charge is 2.47. The minimum Gasteiger partial charge on any atom is -0.379 e. The van der Waals surface area contributed by atoms with Crippen LogP contribution in [-0.2, 0) is 35.9 Å². The van der Waals surface area contributed by atoms with Gasteiger partial charge in [-0.15, -0.1) is 0 Å². The van der Waals surface area contributed by atoms with Gasteiger partial charge >= 0.3 is 0 Å². The Hall–Kier alpha value is -2.74. The molecule has 2 fully saturated rings. The number of aliphatic imine (C=N–C) groups is 1. The largest absolute Gasteiger partial charge is 0.379 e. The summed E-state index contributed by atoms with van der Waals surface area (Å²) < 4.78 is 47.6. The Balaban J connectivity index is 1.56. The third-order valence-electron chi connectivity index (χ3n) is 6.44. The lowest BCUT2D eigenvalue weighted by Gasteiger charge is -2.42. The summed E-state index contributed by atoms with van der Waals surface area (Å²) in [4.78, 5) is 43.8. The number of carbonyl (C=O) groups excluding carboxylic acids is 3. The topological polar surface area (TPSA) is 129 Å². The first-order chi connectivity index (χ1) is 16.6. The molecule has 3 heterocycles. The number of carbonyl (C=O) groups is 3. The van der Waals surface area contributed by atoms with Crippen LogP contribution in [0.15, 0.2) is 23.2 Å². The lowest BCUT2D eigenvalue weighted by molar-refractivity contribution is -0.146. The Bertz CT molecular complexity index is 1170. The van der Waals surface area contributed by atoms with E-state index in [1.807, 2.05) is 0 Å². The molecule has 190 valence electrons. The van der Waals surface area contributed by atoms with Crippen LogP contribution in [0.25, 0.3) is 0 Å². The number of hydrogen-bond acceptors (Lipinski definition) is 7. The number of nitrogens with zero attached hydrogens (tertiary/aromatic N) is 4. The summed E-state index contributed by atoms with van der Waals surface area (Å²) in [5.74, 6) is -2.91. The second-order valence-corrected chi connectivity index (χ2v) is 10.7. The van der Waals surface area contributed by atoms with Crippen molar-refractivity contribution < 1.29 is 31.9 Å². The molecule has 2 atom stereocenters. The smallest absolute Gasteiger partial charge is 0.298 e. The number of morpholine rings is 1. The minimum absolute atomic E-state index is 0.0151. The van der Waals surface area contributed by atoms with Gasteiger partial charge in [0.15, 0.2) is 6.04 Å². The van der Waals surface area contributed by atoms with Gasteiger partial charge < -0.3 is 10.1 Å². The quantitative estimate of drug-likeness (QED) is 0.411. The lowest BCUT2D eigenvalue weighted by atomic mass is 9.99. The predicted octanol–water partition coefficient (Wildman–Crippen LogP) is -0.400. The average molecular weight is 510 g/mol. The summed E-state index contributed by atoms with van der Waals surface area (Å²) in [6.07, 6.45) is 0.868. The van der Waals surface area contributed by atoms with Crippen molar-refractivity contribution in [3.8, 4) is 0 Å². The molecule has 0 radical (unpaired) electrons. The number of Topliss-reactive ketones (excluding diaryl/α,β-unsaturated/α-hetero) is 1. The van der Waals surface area contributed by atoms with E-state index in [0.717, 1.165) is 4.31 Å². The van der Waals surface area contributed by atoms with Crippen molar-refractivity contribution in [2.24, 2.45) is 4.99 Å². The van der Waals surface area contributed by atoms with Crippen LogP contribution in [0.2, 0.25) is 0 Å². The summed E-state index contributed by atoms with van der Waals surface area (Å²) in [5, 5.41) is 2.57. The number of piperidine rings is 1. The summed E-state index contributed by atoms with van der Waals surface area (Å²) in [6.45, 7) is 2.81. The Morgan fingerprint density at radius 1 is 1.26 bits per heavy atom. The number of benzene rings is 1. The van der Waals surface area contributed by atoms with E-state index in [0.29, 0.717) is 24.0 Å². The highest BCUT2D eigenvalue weighted by atomic mass is 32.2. The normalized spacial score (nSPS) is 23.8. The molecule has 1 unspecified atom stereocenters. The SMILES string of the molecule is Cc1cc(CNC(=O)C2N=C3[C@H](N(C)S(=O)(=O)N4CCOCC4)CCCN3C(=O)C2=O)ccc1F. The molecule has 4 rings (SSSR count). The first-order valence-electron chi connectivity index (χ1n) is 11.4. The summed E-state index contributed by atoms with van der Waals surface area (Å²) in [7, 11) is -2.47. The van der Waals surface area contributed by atoms with Gasteiger partial charge in [-0.1, -0.05) is 12.1 Å². The van der Waals surface area contributed by atoms with E-state index >= 15 is 0 Å². The van der Waals surface area contributed by atoms with Crippen LogP contribution in [0.5, 0.6) is 0 Å². The molecule has 1 aromatic carbocycles. The first-order valence-corrected chi connectivity index (χ1v) is 12.8. The maximum absolute atomic E-state index is 13.5. The van der Waals surface area contributed by atoms with Crippen LogP contribution in [-0.4, -0.2) is 97.3 Å². The zero-order valence-electron chi connectivity index (χ0n) is 19.6. The molecule has 2 amide bonds. The summed E-state index contributed by atoms with van der Waals surface area (Å²) >= 11 is 0. The second-order valence-electron chi connectivity index (χ2n) is 8.71. The number of aryl methyl sites for hydroxylation is 1. The number of amidine groups is 1. The monoisotopic (exact) mass is 509 g/mol. The van der Waals surface area contributed by atoms with Crippen LogP contribution in [0.1, 0.15) is 24.0 Å². The van der Waals surface area contributed by atoms with Gasteiger partial charge in [0, 0.05) is 33.2 Å². The minimum atomic E-state index is -3.88. The van der Waals surface area contributed by atoms with Crippen molar-refractivity contribution in [1.82, 2.24) is 18.8 Å². The van der Waals surface area contributed by atoms with E-state index in [-0.39, 0.29) is 51.0 Å². The molecule has 11 nitrogen and oxygen atoms in total. The number of rotatable bonds is 6. The standard InChI is InChI=1S/C22H28FN5O6S/c1-14-12-15(5-6-16(14)23)13-24-21(30)18-19(29)22(31)28-7-3-4-17(20(28)25-18)26(2)35(32,33)27-8-10-34-11-9-27/h5-6,12,17-18H,3-4,7-11,13H2,1-2H3,(H,24,30)/t17-,18?/m1/s1. The third-order valence-corrected chi connectivity index (χ3v) is 8.44. The van der Waals surface area contributed by atoms with Crippen molar-refractivity contribution in [3.63, 3.8) is 0 Å². The number of halogens is 1. The van der Waals surface area contributed by atoms with Crippen LogP contribution >= 0.6 is 0 Å². The molecule has 0 saturated carbocycles. The van der Waals surface area contributed by atoms with Crippen molar-refractivity contribution >= 4 is 33.6 Å². The molecular formula is C22H28FN5O6S. The van der Waals surface area contributed by atoms with Crippen molar-refractivity contribution in [2.45, 2.75) is 38.4 Å². The molecule has 35 heavy (non-hydrogen) atoms. The van der Waals surface area contributed by atoms with Gasteiger partial charge in [-0.2, -0.15) is 17.0 Å². The van der Waals surface area contributed by atoms with Crippen LogP contribution in [0.3, 0.4) is 0 Å². The van der Waals surface area contributed by atoms with E-state index in [9.17, 15) is 27.2 Å². The lowest BCUT2D eigenvalue weighted by Crippen LogP contribution is -2.62. The van der Waals surface area contributed by atoms with Crippen molar-refractivity contribution in [3.05, 3.63) is 35.1 Å². The van der Waals surface area contributed by atoms with Gasteiger partial charge in [0.1, 0.15) is 11.7 Å². The third kappa shape index (κ3) is 4.99. The molecule has 0 aromatic heterocycles. The van der Waals surface area contributed by atoms with Gasteiger partial charge in [-0.05, 0) is 37.0 Å². The maximum atomic E-state index is 13.5. The van der Waals surface area contributed by atoms with Gasteiger partial charge in [0.2, 0.25) is 0 Å². The van der Waals surface area contributed by atoms with Crippen LogP contribution in [0, 0.1) is 12.7 Å². The molecule has 0 spiro atoms. The summed E-state index contributed by atoms with van der Waals surface area (Å²) in [6, 6.07) is 1.94. The molecule has 0 bridgehead atoms. The fourth-order valence-electron chi connectivity index (χ4n) is 4.41. The van der Waals surface area contributed by atoms with Crippen molar-refractivity contribution in [1.29, 1.82) is 0 Å². The van der Waals surface area contributed by atoms with Crippen LogP contribution < -0.4 is 5.32 Å². The zero-order valence-corrected chi connectivity index (χ0v) is 20.4. The van der Waals surface area contributed by atoms with Gasteiger partial charge in [0.25, 0.3) is 27.8 Å². The number of likely N-dealkylation sites (N-methyl/N-ethyl adjacent to an activating group) is 1. The number of ketones is 1. The van der Waals surface area contributed by atoms with E-state index in [2.05, 4.69) is 10.3 Å². The van der Waals surface area contributed by atoms with Gasteiger partial charge in [0.05, 0.1) is 19.3 Å². The molecule has 1 aromatic rings. The average Bonchev–Trinajstić information content (AvgIpc) is 2.86. The number of nitrogens with one attached hydrogen (secondary N) is 1. The Labute approximate surface area is 203 Å². The first kappa shape index (κ1) is 25.4. The number of fused-ring (bicyclic) bond motifs is 1. The molecular weight excluding hydrogens is 481 g/mol. The number of ether oxygens (including phenoxy) is 1. The molecule has 3 aliphatic rings. The summed E-state index contributed by atoms with van der Waals surface area (Å²) in [5.41, 5.74) is 1.03. The van der Waals surface area contributed by atoms with Gasteiger partial charge in [-0.25, -0.2) is 9.38 Å². The predicted molar refractivity (Wildman–Crippen MR) is 123 cm³/mol. The maximum Gasteiger partial charge on any atom is 0.298 e. The van der Waals surface area contributed by atoms with Gasteiger partial charge in [-0.3, -0.25) is 19.3 Å². The molecule has 2 saturated heterocycles. The fourth-order valence-corrected chi connectivity index (χ4v) is 5.91. The molecule has 0 aliphatic carbocycles. The number of hydrogen-bond donors (Lipinski definition) is 1. The molecule has 1 N–H and O–H groups in total. The Morgan fingerprint density at radius 2 is 1.97 bits per heavy atom. The van der Waals surface area contributed by atoms with E-state index in [4.69, 9.17) is 4.74 Å². The molecule has 13 heteroatoms. The highest BCUT2D eigenvalue weighted by molar-refractivity contribution is 7.86. The zero-order chi connectivity index (χ0) is 25.3.